The van der Waals surface area contributed by atoms with E-state index in [-0.39, 0.29) is 11.9 Å². The predicted molar refractivity (Wildman–Crippen MR) is 115 cm³/mol. The Hall–Kier alpha value is -4.27. The van der Waals surface area contributed by atoms with E-state index in [1.807, 2.05) is 19.9 Å². The van der Waals surface area contributed by atoms with E-state index < -0.39 is 0 Å². The van der Waals surface area contributed by atoms with Crippen molar-refractivity contribution in [1.29, 1.82) is 0 Å². The van der Waals surface area contributed by atoms with Crippen molar-refractivity contribution in [2.75, 3.05) is 5.32 Å². The van der Waals surface area contributed by atoms with Crippen molar-refractivity contribution in [2.24, 2.45) is 0 Å². The largest absolute Gasteiger partial charge is 0.463 e. The van der Waals surface area contributed by atoms with E-state index in [4.69, 9.17) is 9.40 Å². The summed E-state index contributed by atoms with van der Waals surface area (Å²) in [6, 6.07) is 10.7. The monoisotopic (exact) mass is 413 g/mol. The molecule has 0 spiro atoms. The van der Waals surface area contributed by atoms with E-state index in [1.165, 1.54) is 0 Å². The highest BCUT2D eigenvalue weighted by Crippen LogP contribution is 2.28. The molecule has 0 radical (unpaired) electrons. The summed E-state index contributed by atoms with van der Waals surface area (Å²) in [5.74, 6) is 0.797. The molecule has 0 aliphatic rings. The first-order valence-corrected chi connectivity index (χ1v) is 9.80. The Morgan fingerprint density at radius 3 is 2.77 bits per heavy atom. The minimum atomic E-state index is -0.301. The van der Waals surface area contributed by atoms with Crippen LogP contribution in [0.15, 0.2) is 71.9 Å². The summed E-state index contributed by atoms with van der Waals surface area (Å²) in [6.07, 6.45) is 8.32. The topological polar surface area (TPSA) is 104 Å². The molecule has 0 aliphatic heterocycles. The van der Waals surface area contributed by atoms with Gasteiger partial charge in [-0.3, -0.25) is 4.79 Å². The summed E-state index contributed by atoms with van der Waals surface area (Å²) in [6.45, 7) is 4.03. The molecule has 5 rings (SSSR count). The summed E-state index contributed by atoms with van der Waals surface area (Å²) in [5.41, 5.74) is 2.16. The first kappa shape index (κ1) is 18.7. The molecule has 5 aromatic heterocycles. The summed E-state index contributed by atoms with van der Waals surface area (Å²) < 4.78 is 8.91. The highest BCUT2D eigenvalue weighted by molar-refractivity contribution is 6.13. The molecular formula is C22H19N7O2. The van der Waals surface area contributed by atoms with Gasteiger partial charge in [-0.1, -0.05) is 0 Å². The van der Waals surface area contributed by atoms with Crippen LogP contribution in [0.3, 0.4) is 0 Å². The van der Waals surface area contributed by atoms with Crippen molar-refractivity contribution < 1.29 is 9.21 Å². The molecule has 0 bridgehead atoms. The molecule has 1 N–H and O–H groups in total. The van der Waals surface area contributed by atoms with E-state index in [1.54, 1.807) is 70.7 Å². The zero-order valence-electron chi connectivity index (χ0n) is 16.9. The molecule has 0 aliphatic carbocycles. The van der Waals surface area contributed by atoms with Gasteiger partial charge >= 0.3 is 0 Å². The minimum absolute atomic E-state index is 0.0810. The number of hydrogen-bond acceptors (Lipinski definition) is 6. The number of hydrogen-bond donors (Lipinski definition) is 1. The zero-order chi connectivity index (χ0) is 21.4. The van der Waals surface area contributed by atoms with Crippen LogP contribution in [0.4, 0.5) is 5.69 Å². The number of aromatic nitrogens is 6. The van der Waals surface area contributed by atoms with Crippen molar-refractivity contribution in [2.45, 2.75) is 19.9 Å². The number of carbonyl (C=O) groups excluding carboxylic acids is 1. The lowest BCUT2D eigenvalue weighted by molar-refractivity contribution is 0.102. The third-order valence-corrected chi connectivity index (χ3v) is 4.83. The molecule has 31 heavy (non-hydrogen) atoms. The van der Waals surface area contributed by atoms with Crippen LogP contribution in [0.1, 0.15) is 30.2 Å². The van der Waals surface area contributed by atoms with Gasteiger partial charge in [-0.25, -0.2) is 19.3 Å². The number of carbonyl (C=O) groups is 1. The van der Waals surface area contributed by atoms with E-state index in [0.717, 1.165) is 0 Å². The smallest absolute Gasteiger partial charge is 0.256 e. The lowest BCUT2D eigenvalue weighted by Crippen LogP contribution is -2.15. The van der Waals surface area contributed by atoms with Crippen LogP contribution < -0.4 is 5.32 Å². The molecule has 9 nitrogen and oxygen atoms in total. The van der Waals surface area contributed by atoms with Crippen LogP contribution in [-0.2, 0) is 0 Å². The maximum absolute atomic E-state index is 13.4. The predicted octanol–water partition coefficient (Wildman–Crippen LogP) is 4.11. The first-order valence-electron chi connectivity index (χ1n) is 9.80. The minimum Gasteiger partial charge on any atom is -0.463 e. The Morgan fingerprint density at radius 1 is 1.13 bits per heavy atom. The van der Waals surface area contributed by atoms with E-state index in [2.05, 4.69) is 20.5 Å². The second-order valence-electron chi connectivity index (χ2n) is 7.23. The van der Waals surface area contributed by atoms with Gasteiger partial charge in [0, 0.05) is 24.6 Å². The normalized spacial score (nSPS) is 11.3. The lowest BCUT2D eigenvalue weighted by Gasteiger charge is -2.12. The van der Waals surface area contributed by atoms with Gasteiger partial charge < -0.3 is 9.73 Å². The molecule has 0 saturated heterocycles. The van der Waals surface area contributed by atoms with Crippen LogP contribution >= 0.6 is 0 Å². The fourth-order valence-electron chi connectivity index (χ4n) is 3.40. The maximum atomic E-state index is 13.4. The molecule has 1 amide bonds. The van der Waals surface area contributed by atoms with Crippen LogP contribution in [-0.4, -0.2) is 35.4 Å². The third kappa shape index (κ3) is 3.35. The number of furan rings is 1. The number of rotatable bonds is 5. The summed E-state index contributed by atoms with van der Waals surface area (Å²) in [5, 5.41) is 12.3. The van der Waals surface area contributed by atoms with E-state index >= 15 is 0 Å². The van der Waals surface area contributed by atoms with E-state index in [0.29, 0.717) is 39.6 Å². The highest BCUT2D eigenvalue weighted by atomic mass is 16.3. The average Bonchev–Trinajstić information content (AvgIpc) is 3.54. The van der Waals surface area contributed by atoms with Gasteiger partial charge in [0.25, 0.3) is 5.91 Å². The van der Waals surface area contributed by atoms with Gasteiger partial charge in [0.1, 0.15) is 5.69 Å². The van der Waals surface area contributed by atoms with Crippen LogP contribution in [0.2, 0.25) is 0 Å². The van der Waals surface area contributed by atoms with Gasteiger partial charge in [-0.2, -0.15) is 10.2 Å². The van der Waals surface area contributed by atoms with Crippen molar-refractivity contribution in [3.63, 3.8) is 0 Å². The number of pyridine rings is 2. The molecule has 0 fully saturated rings. The number of fused-ring (bicyclic) bond motifs is 1. The average molecular weight is 413 g/mol. The summed E-state index contributed by atoms with van der Waals surface area (Å²) >= 11 is 0. The van der Waals surface area contributed by atoms with Gasteiger partial charge in [-0.05, 0) is 50.2 Å². The molecule has 9 heteroatoms. The Morgan fingerprint density at radius 2 is 2.03 bits per heavy atom. The maximum Gasteiger partial charge on any atom is 0.256 e. The molecule has 0 saturated carbocycles. The van der Waals surface area contributed by atoms with Crippen molar-refractivity contribution in [3.8, 4) is 17.3 Å². The Labute approximate surface area is 177 Å². The molecule has 5 heterocycles. The fourth-order valence-corrected chi connectivity index (χ4v) is 3.40. The van der Waals surface area contributed by atoms with Crippen LogP contribution in [0.25, 0.3) is 28.3 Å². The third-order valence-electron chi connectivity index (χ3n) is 4.83. The Bertz CT molecular complexity index is 1350. The number of amides is 1. The van der Waals surface area contributed by atoms with E-state index in [9.17, 15) is 4.79 Å². The van der Waals surface area contributed by atoms with Crippen molar-refractivity contribution in [3.05, 3.63) is 73.0 Å². The molecule has 0 aromatic carbocycles. The zero-order valence-corrected chi connectivity index (χ0v) is 16.9. The molecule has 5 aromatic rings. The van der Waals surface area contributed by atoms with Crippen LogP contribution in [0, 0.1) is 0 Å². The standard InChI is InChI=1S/C22H19N7O2/c1-14(2)29-20-16(13-25-29)15(12-18(26-20)19-7-4-11-31-19)22(30)27-17-6-3-8-23-21(17)28-10-5-9-24-28/h3-14H,1-2H3,(H,27,30). The quantitative estimate of drug-likeness (QED) is 0.465. The summed E-state index contributed by atoms with van der Waals surface area (Å²) in [7, 11) is 0. The number of anilines is 1. The SMILES string of the molecule is CC(C)n1ncc2c(C(=O)Nc3cccnc3-n3cccn3)cc(-c3ccco3)nc21. The molecule has 154 valence electrons. The summed E-state index contributed by atoms with van der Waals surface area (Å²) in [4.78, 5) is 22.5. The van der Waals surface area contributed by atoms with Crippen molar-refractivity contribution >= 4 is 22.6 Å². The van der Waals surface area contributed by atoms with Gasteiger partial charge in [0.15, 0.2) is 17.2 Å². The second-order valence-corrected chi connectivity index (χ2v) is 7.23. The van der Waals surface area contributed by atoms with Crippen LogP contribution in [0.5, 0.6) is 0 Å². The molecular weight excluding hydrogens is 394 g/mol. The fraction of sp³-hybridized carbons (Fsp3) is 0.136. The van der Waals surface area contributed by atoms with Gasteiger partial charge in [0.2, 0.25) is 0 Å². The van der Waals surface area contributed by atoms with Gasteiger partial charge in [0.05, 0.1) is 29.1 Å². The van der Waals surface area contributed by atoms with Gasteiger partial charge in [-0.15, -0.1) is 0 Å². The molecule has 0 atom stereocenters. The van der Waals surface area contributed by atoms with Crippen molar-refractivity contribution in [1.82, 2.24) is 29.5 Å². The Balaban J connectivity index is 1.61. The number of nitrogens with zero attached hydrogens (tertiary/aromatic N) is 6. The Kier molecular flexibility index (Phi) is 4.55. The lowest BCUT2D eigenvalue weighted by atomic mass is 10.1. The number of nitrogens with one attached hydrogen (secondary N) is 1. The molecule has 0 unspecified atom stereocenters. The first-order chi connectivity index (χ1) is 15.1. The second kappa shape index (κ2) is 7.52. The highest BCUT2D eigenvalue weighted by Gasteiger charge is 2.20.